The maximum absolute atomic E-state index is 9.08. The summed E-state index contributed by atoms with van der Waals surface area (Å²) in [7, 11) is 0. The first kappa shape index (κ1) is 20.3. The first-order valence-corrected chi connectivity index (χ1v) is 17.0. The van der Waals surface area contributed by atoms with Crippen LogP contribution in [0.25, 0.3) is 0 Å². The van der Waals surface area contributed by atoms with E-state index in [9.17, 15) is 0 Å². The molecule has 0 N–H and O–H groups in total. The Morgan fingerprint density at radius 1 is 1.38 bits per heavy atom. The van der Waals surface area contributed by atoms with Crippen LogP contribution in [-0.4, -0.2) is 13.8 Å². The van der Waals surface area contributed by atoms with Crippen molar-refractivity contribution in [1.29, 1.82) is 0 Å². The molecule has 0 fully saturated rings. The molecule has 76 valence electrons. The van der Waals surface area contributed by atoms with Crippen molar-refractivity contribution in [2.24, 2.45) is 5.92 Å². The molecule has 0 saturated carbocycles. The van der Waals surface area contributed by atoms with Crippen molar-refractivity contribution in [3.05, 3.63) is 10.1 Å². The fraction of sp³-hybridized carbons (Fsp3) is 0.667. The van der Waals surface area contributed by atoms with E-state index in [1.165, 1.54) is 19.4 Å². The Labute approximate surface area is 120 Å². The van der Waals surface area contributed by atoms with Crippen molar-refractivity contribution in [2.75, 3.05) is 0 Å². The van der Waals surface area contributed by atoms with E-state index in [0.29, 0.717) is 0 Å². The van der Waals surface area contributed by atoms with Gasteiger partial charge in [0, 0.05) is 0 Å². The zero-order valence-corrected chi connectivity index (χ0v) is 18.9. The Balaban J connectivity index is -0.000000131. The van der Waals surface area contributed by atoms with Gasteiger partial charge in [0.15, 0.2) is 0 Å². The SMILES string of the molecule is CC(C)C[C-]=[W].O=[N+]([O-])[C-]=[W].[W]=[W]. The van der Waals surface area contributed by atoms with Gasteiger partial charge in [-0.3, -0.25) is 0 Å². The number of rotatable bonds is 3. The molecule has 0 unspecified atom stereocenters. The second-order valence-electron chi connectivity index (χ2n) is 2.09. The third kappa shape index (κ3) is 41.4. The van der Waals surface area contributed by atoms with Crippen molar-refractivity contribution < 1.29 is 76.1 Å². The van der Waals surface area contributed by atoms with Gasteiger partial charge < -0.3 is 0 Å². The summed E-state index contributed by atoms with van der Waals surface area (Å²) in [5.74, 6) is 0.808. The fourth-order valence-electron chi connectivity index (χ4n) is 0.167. The molecule has 0 aliphatic carbocycles. The second kappa shape index (κ2) is 19.5. The third-order valence-electron chi connectivity index (χ3n) is 0.566. The van der Waals surface area contributed by atoms with Gasteiger partial charge in [0.25, 0.3) is 0 Å². The van der Waals surface area contributed by atoms with Crippen molar-refractivity contribution in [1.82, 2.24) is 0 Å². The maximum atomic E-state index is 9.08. The molecule has 0 aliphatic rings. The molecular weight excluding hydrogens is 853 g/mol. The van der Waals surface area contributed by atoms with Gasteiger partial charge in [-0.1, -0.05) is 0 Å². The summed E-state index contributed by atoms with van der Waals surface area (Å²) in [6.45, 7) is 4.41. The van der Waals surface area contributed by atoms with Crippen LogP contribution in [0, 0.1) is 16.0 Å². The third-order valence-corrected chi connectivity index (χ3v) is 1.70. The second-order valence-corrected chi connectivity index (χ2v) is 3.78. The summed E-state index contributed by atoms with van der Waals surface area (Å²) in [6, 6.07) is 0. The van der Waals surface area contributed by atoms with Crippen molar-refractivity contribution in [3.63, 3.8) is 0 Å². The predicted octanol–water partition coefficient (Wildman–Crippen LogP) is 0.700. The van der Waals surface area contributed by atoms with E-state index >= 15 is 0 Å². The zero-order chi connectivity index (χ0) is 11.3. The molecule has 7 heteroatoms. The Morgan fingerprint density at radius 2 is 1.69 bits per heavy atom. The molecule has 0 spiro atoms. The van der Waals surface area contributed by atoms with Crippen LogP contribution in [0.3, 0.4) is 0 Å². The van der Waals surface area contributed by atoms with Gasteiger partial charge in [-0.15, -0.1) is 0 Å². The van der Waals surface area contributed by atoms with E-state index < -0.39 is 4.92 Å². The van der Waals surface area contributed by atoms with Crippen LogP contribution in [0.1, 0.15) is 20.3 Å². The van der Waals surface area contributed by atoms with Crippen LogP contribution < -0.4 is 0 Å². The van der Waals surface area contributed by atoms with E-state index in [2.05, 4.69) is 18.2 Å². The predicted molar refractivity (Wildman–Crippen MR) is 36.5 cm³/mol. The first-order chi connectivity index (χ1) is 6.04. The first-order valence-electron chi connectivity index (χ1n) is 3.08. The van der Waals surface area contributed by atoms with Gasteiger partial charge in [0.05, 0.1) is 0 Å². The fourth-order valence-corrected chi connectivity index (χ4v) is 1.36. The average Bonchev–Trinajstić information content (AvgIpc) is 2.09. The molecule has 0 radical (unpaired) electrons. The number of nitro groups is 1. The van der Waals surface area contributed by atoms with Gasteiger partial charge in [-0.05, 0) is 0 Å². The van der Waals surface area contributed by atoms with Crippen LogP contribution in [0.4, 0.5) is 0 Å². The van der Waals surface area contributed by atoms with Crippen molar-refractivity contribution >= 4 is 8.93 Å². The van der Waals surface area contributed by atoms with Crippen LogP contribution >= 0.6 is 0 Å². The van der Waals surface area contributed by atoms with Gasteiger partial charge in [0.1, 0.15) is 0 Å². The quantitative estimate of drug-likeness (QED) is 0.182. The Bertz CT molecular complexity index is 152. The van der Waals surface area contributed by atoms with Crippen molar-refractivity contribution in [2.45, 2.75) is 20.3 Å². The molecule has 0 aromatic carbocycles. The molecular formula is C6H9NO2W4-2. The summed E-state index contributed by atoms with van der Waals surface area (Å²) in [5.41, 5.74) is 0. The minimum absolute atomic E-state index is 0.588. The molecule has 0 rings (SSSR count). The van der Waals surface area contributed by atoms with E-state index in [1.54, 1.807) is 32.4 Å². The Kier molecular flexibility index (Phi) is 30.4. The summed E-state index contributed by atoms with van der Waals surface area (Å²) >= 11 is 5.56. The zero-order valence-electron chi connectivity index (χ0n) is 7.18. The van der Waals surface area contributed by atoms with Crippen LogP contribution in [-0.2, 0) is 71.2 Å². The summed E-state index contributed by atoms with van der Waals surface area (Å²) in [4.78, 5) is 8.50. The van der Waals surface area contributed by atoms with Gasteiger partial charge in [-0.2, -0.15) is 0 Å². The standard InChI is InChI=1S/C5H9.CNO2.4W/c1-4-5(2)3;1-2(3)4;;;;/h5H,4H2,2-3H3;;;;;/q2*-1;;;;. The summed E-state index contributed by atoms with van der Waals surface area (Å²) in [5, 5.41) is 9.08. The number of hydrogen-bond donors (Lipinski definition) is 0. The summed E-state index contributed by atoms with van der Waals surface area (Å²) in [6.07, 6.45) is 1.16. The topological polar surface area (TPSA) is 43.1 Å². The Hall–Kier alpha value is 1.89. The molecule has 13 heavy (non-hydrogen) atoms. The molecule has 0 bridgehead atoms. The molecule has 0 amide bonds. The van der Waals surface area contributed by atoms with Gasteiger partial charge >= 0.3 is 121 Å². The van der Waals surface area contributed by atoms with Crippen LogP contribution in [0.5, 0.6) is 0 Å². The van der Waals surface area contributed by atoms with E-state index in [0.717, 1.165) is 31.7 Å². The van der Waals surface area contributed by atoms with E-state index in [-0.39, 0.29) is 0 Å². The molecule has 0 saturated heterocycles. The molecule has 0 aromatic heterocycles. The van der Waals surface area contributed by atoms with Crippen LogP contribution in [0.15, 0.2) is 0 Å². The minimum atomic E-state index is -0.588. The average molecular weight is 863 g/mol. The molecule has 0 heterocycles. The molecule has 3 nitrogen and oxygen atoms in total. The summed E-state index contributed by atoms with van der Waals surface area (Å²) < 4.78 is 4.98. The number of nitrogens with zero attached hydrogens (tertiary/aromatic N) is 1. The van der Waals surface area contributed by atoms with Gasteiger partial charge in [-0.25, -0.2) is 0 Å². The van der Waals surface area contributed by atoms with E-state index in [1.807, 2.05) is 4.52 Å². The number of hydrogen-bond acceptors (Lipinski definition) is 2. The molecule has 0 aliphatic heterocycles. The van der Waals surface area contributed by atoms with E-state index in [4.69, 9.17) is 10.1 Å². The van der Waals surface area contributed by atoms with Crippen LogP contribution in [0.2, 0.25) is 0 Å². The monoisotopic (exact) mass is 863 g/mol. The molecule has 0 aromatic rings. The van der Waals surface area contributed by atoms with Gasteiger partial charge in [0.2, 0.25) is 0 Å². The molecule has 0 atom stereocenters. The van der Waals surface area contributed by atoms with Crippen molar-refractivity contribution in [3.8, 4) is 0 Å². The normalized spacial score (nSPS) is 7.00. The Morgan fingerprint density at radius 3 is 1.69 bits per heavy atom.